The van der Waals surface area contributed by atoms with Crippen LogP contribution in [-0.4, -0.2) is 37.0 Å². The maximum absolute atomic E-state index is 12.1. The Bertz CT molecular complexity index is 440. The zero-order chi connectivity index (χ0) is 13.1. The summed E-state index contributed by atoms with van der Waals surface area (Å²) in [5.74, 6) is 0.148. The third kappa shape index (κ3) is 4.54. The number of anilines is 1. The van der Waals surface area contributed by atoms with E-state index in [1.165, 1.54) is 11.3 Å². The third-order valence-electron chi connectivity index (χ3n) is 3.32. The Balaban J connectivity index is 0.00000180. The first-order chi connectivity index (χ1) is 8.58. The molecule has 1 aromatic carbocycles. The molecule has 1 unspecified atom stereocenters. The molecule has 1 aromatic rings. The summed E-state index contributed by atoms with van der Waals surface area (Å²) >= 11 is 0. The fourth-order valence-corrected chi connectivity index (χ4v) is 2.31. The van der Waals surface area contributed by atoms with Gasteiger partial charge in [0.15, 0.2) is 0 Å². The van der Waals surface area contributed by atoms with Gasteiger partial charge in [-0.05, 0) is 18.6 Å². The van der Waals surface area contributed by atoms with Crippen molar-refractivity contribution in [1.82, 2.24) is 4.90 Å². The van der Waals surface area contributed by atoms with Crippen molar-refractivity contribution in [2.45, 2.75) is 25.9 Å². The van der Waals surface area contributed by atoms with Crippen LogP contribution in [0.15, 0.2) is 24.3 Å². The van der Waals surface area contributed by atoms with Crippen molar-refractivity contribution in [2.75, 3.05) is 25.0 Å². The molecule has 6 heteroatoms. The Morgan fingerprint density at radius 2 is 1.95 bits per heavy atom. The Morgan fingerprint density at radius 1 is 1.30 bits per heavy atom. The molecular formula is C14H23Cl2N3O. The molecule has 0 fully saturated rings. The molecule has 0 spiro atoms. The van der Waals surface area contributed by atoms with Crippen LogP contribution in [0.2, 0.25) is 0 Å². The Labute approximate surface area is 133 Å². The van der Waals surface area contributed by atoms with Crippen LogP contribution < -0.4 is 10.6 Å². The number of rotatable bonds is 2. The first-order valence-electron chi connectivity index (χ1n) is 6.40. The van der Waals surface area contributed by atoms with Crippen LogP contribution in [0.1, 0.15) is 18.9 Å². The second-order valence-corrected chi connectivity index (χ2v) is 5.05. The van der Waals surface area contributed by atoms with Gasteiger partial charge in [-0.2, -0.15) is 0 Å². The highest BCUT2D eigenvalue weighted by Gasteiger charge is 2.21. The first-order valence-corrected chi connectivity index (χ1v) is 6.40. The van der Waals surface area contributed by atoms with Crippen LogP contribution in [0, 0.1) is 0 Å². The standard InChI is InChI=1S/C14H21N3O.2ClH/c1-11(15)9-14(18)17-8-7-16(2)13-6-4-3-5-12(13)10-17;;/h3-6,11H,7-10,15H2,1-2H3;2*1H. The average molecular weight is 320 g/mol. The van der Waals surface area contributed by atoms with Crippen molar-refractivity contribution < 1.29 is 4.79 Å². The van der Waals surface area contributed by atoms with Gasteiger partial charge in [-0.3, -0.25) is 4.79 Å². The van der Waals surface area contributed by atoms with Gasteiger partial charge in [0, 0.05) is 44.8 Å². The Kier molecular flexibility index (Phi) is 7.94. The van der Waals surface area contributed by atoms with E-state index < -0.39 is 0 Å². The van der Waals surface area contributed by atoms with Crippen molar-refractivity contribution in [2.24, 2.45) is 5.73 Å². The molecule has 0 aliphatic carbocycles. The molecule has 1 amide bonds. The van der Waals surface area contributed by atoms with E-state index in [1.807, 2.05) is 24.0 Å². The second kappa shape index (κ2) is 8.35. The number of nitrogens with zero attached hydrogens (tertiary/aromatic N) is 2. The van der Waals surface area contributed by atoms with E-state index in [9.17, 15) is 4.79 Å². The van der Waals surface area contributed by atoms with Crippen molar-refractivity contribution in [1.29, 1.82) is 0 Å². The molecular weight excluding hydrogens is 297 g/mol. The van der Waals surface area contributed by atoms with E-state index in [-0.39, 0.29) is 36.8 Å². The SMILES string of the molecule is CC(N)CC(=O)N1CCN(C)c2ccccc2C1.Cl.Cl. The summed E-state index contributed by atoms with van der Waals surface area (Å²) in [6.45, 7) is 4.18. The number of para-hydroxylation sites is 1. The molecule has 0 saturated carbocycles. The van der Waals surface area contributed by atoms with Gasteiger partial charge in [0.25, 0.3) is 0 Å². The molecule has 0 aromatic heterocycles. The van der Waals surface area contributed by atoms with Crippen molar-refractivity contribution in [3.8, 4) is 0 Å². The van der Waals surface area contributed by atoms with Gasteiger partial charge in [-0.25, -0.2) is 0 Å². The quantitative estimate of drug-likeness (QED) is 0.907. The molecule has 0 bridgehead atoms. The number of nitrogens with two attached hydrogens (primary N) is 1. The zero-order valence-electron chi connectivity index (χ0n) is 11.9. The molecule has 2 rings (SSSR count). The summed E-state index contributed by atoms with van der Waals surface area (Å²) in [5, 5.41) is 0. The minimum absolute atomic E-state index is 0. The second-order valence-electron chi connectivity index (χ2n) is 5.05. The fourth-order valence-electron chi connectivity index (χ4n) is 2.31. The predicted molar refractivity (Wildman–Crippen MR) is 87.9 cm³/mol. The van der Waals surface area contributed by atoms with Crippen LogP contribution in [0.3, 0.4) is 0 Å². The van der Waals surface area contributed by atoms with Gasteiger partial charge < -0.3 is 15.5 Å². The molecule has 1 aliphatic rings. The summed E-state index contributed by atoms with van der Waals surface area (Å²) in [7, 11) is 2.07. The number of hydrogen-bond donors (Lipinski definition) is 1. The highest BCUT2D eigenvalue weighted by Crippen LogP contribution is 2.23. The molecule has 2 N–H and O–H groups in total. The minimum atomic E-state index is -0.0753. The number of fused-ring (bicyclic) bond motifs is 1. The summed E-state index contributed by atoms with van der Waals surface area (Å²) < 4.78 is 0. The van der Waals surface area contributed by atoms with E-state index >= 15 is 0 Å². The lowest BCUT2D eigenvalue weighted by molar-refractivity contribution is -0.131. The van der Waals surface area contributed by atoms with Gasteiger partial charge in [0.1, 0.15) is 0 Å². The predicted octanol–water partition coefficient (Wildman–Crippen LogP) is 2.05. The molecule has 1 heterocycles. The number of benzene rings is 1. The lowest BCUT2D eigenvalue weighted by Gasteiger charge is -2.21. The smallest absolute Gasteiger partial charge is 0.224 e. The normalized spacial score (nSPS) is 15.3. The van der Waals surface area contributed by atoms with Crippen LogP contribution in [0.25, 0.3) is 0 Å². The number of amides is 1. The summed E-state index contributed by atoms with van der Waals surface area (Å²) in [4.78, 5) is 16.2. The van der Waals surface area contributed by atoms with Gasteiger partial charge in [-0.1, -0.05) is 18.2 Å². The lowest BCUT2D eigenvalue weighted by Crippen LogP contribution is -2.37. The van der Waals surface area contributed by atoms with Gasteiger partial charge in [0.2, 0.25) is 5.91 Å². The van der Waals surface area contributed by atoms with Crippen LogP contribution >= 0.6 is 24.8 Å². The highest BCUT2D eigenvalue weighted by atomic mass is 35.5. The van der Waals surface area contributed by atoms with Crippen molar-refractivity contribution in [3.63, 3.8) is 0 Å². The van der Waals surface area contributed by atoms with Crippen molar-refractivity contribution in [3.05, 3.63) is 29.8 Å². The van der Waals surface area contributed by atoms with Crippen LogP contribution in [0.4, 0.5) is 5.69 Å². The average Bonchev–Trinajstić information content (AvgIpc) is 2.49. The number of halogens is 2. The molecule has 4 nitrogen and oxygen atoms in total. The number of likely N-dealkylation sites (N-methyl/N-ethyl adjacent to an activating group) is 1. The van der Waals surface area contributed by atoms with Crippen LogP contribution in [0.5, 0.6) is 0 Å². The maximum Gasteiger partial charge on any atom is 0.224 e. The van der Waals surface area contributed by atoms with Gasteiger partial charge in [-0.15, -0.1) is 24.8 Å². The van der Waals surface area contributed by atoms with Crippen molar-refractivity contribution >= 4 is 36.4 Å². The first kappa shape index (κ1) is 19.0. The molecule has 1 aliphatic heterocycles. The van der Waals surface area contributed by atoms with Crippen LogP contribution in [-0.2, 0) is 11.3 Å². The van der Waals surface area contributed by atoms with E-state index in [4.69, 9.17) is 5.73 Å². The molecule has 114 valence electrons. The van der Waals surface area contributed by atoms with E-state index in [0.29, 0.717) is 13.0 Å². The number of carbonyl (C=O) groups is 1. The molecule has 0 saturated heterocycles. The molecule has 0 radical (unpaired) electrons. The summed E-state index contributed by atoms with van der Waals surface area (Å²) in [6, 6.07) is 8.17. The maximum atomic E-state index is 12.1. The zero-order valence-corrected chi connectivity index (χ0v) is 13.5. The number of hydrogen-bond acceptors (Lipinski definition) is 3. The largest absolute Gasteiger partial charge is 0.373 e. The summed E-state index contributed by atoms with van der Waals surface area (Å²) in [6.07, 6.45) is 0.423. The minimum Gasteiger partial charge on any atom is -0.373 e. The highest BCUT2D eigenvalue weighted by molar-refractivity contribution is 5.85. The van der Waals surface area contributed by atoms with E-state index in [2.05, 4.69) is 24.1 Å². The van der Waals surface area contributed by atoms with Gasteiger partial charge in [0.05, 0.1) is 0 Å². The Hall–Kier alpha value is -0.970. The topological polar surface area (TPSA) is 49.6 Å². The monoisotopic (exact) mass is 319 g/mol. The summed E-state index contributed by atoms with van der Waals surface area (Å²) in [5.41, 5.74) is 8.12. The number of carbonyl (C=O) groups excluding carboxylic acids is 1. The van der Waals surface area contributed by atoms with E-state index in [1.54, 1.807) is 0 Å². The molecule has 1 atom stereocenters. The fraction of sp³-hybridized carbons (Fsp3) is 0.500. The Morgan fingerprint density at radius 3 is 2.60 bits per heavy atom. The lowest BCUT2D eigenvalue weighted by atomic mass is 10.1. The third-order valence-corrected chi connectivity index (χ3v) is 3.32. The van der Waals surface area contributed by atoms with E-state index in [0.717, 1.165) is 13.1 Å². The van der Waals surface area contributed by atoms with Gasteiger partial charge >= 0.3 is 0 Å². The molecule has 20 heavy (non-hydrogen) atoms.